The predicted molar refractivity (Wildman–Crippen MR) is 104 cm³/mol. The first kappa shape index (κ1) is 19.6. The molecule has 132 valence electrons. The molecule has 0 atom stereocenters. The second-order valence-corrected chi connectivity index (χ2v) is 6.66. The number of nitrogens with zero attached hydrogens (tertiary/aromatic N) is 2. The zero-order valence-corrected chi connectivity index (χ0v) is 16.5. The zero-order valence-electron chi connectivity index (χ0n) is 13.3. The molecule has 7 nitrogen and oxygen atoms in total. The lowest BCUT2D eigenvalue weighted by atomic mass is 10.1. The third-order valence-corrected chi connectivity index (χ3v) is 4.39. The molecule has 0 aliphatic rings. The summed E-state index contributed by atoms with van der Waals surface area (Å²) in [6.07, 6.45) is 1.40. The summed E-state index contributed by atoms with van der Waals surface area (Å²) in [5.41, 5.74) is 0.506. The van der Waals surface area contributed by atoms with Crippen molar-refractivity contribution in [3.63, 3.8) is 0 Å². The van der Waals surface area contributed by atoms with Crippen molar-refractivity contribution in [1.29, 1.82) is 5.26 Å². The molecule has 0 heterocycles. The average molecular weight is 481 g/mol. The van der Waals surface area contributed by atoms with Crippen LogP contribution in [0.25, 0.3) is 6.08 Å². The number of hydrogen-bond acceptors (Lipinski definition) is 5. The van der Waals surface area contributed by atoms with Crippen molar-refractivity contribution >= 4 is 55.2 Å². The minimum absolute atomic E-state index is 0.152. The van der Waals surface area contributed by atoms with Gasteiger partial charge in [0.2, 0.25) is 0 Å². The van der Waals surface area contributed by atoms with E-state index in [0.29, 0.717) is 20.3 Å². The molecular weight excluding hydrogens is 470 g/mol. The van der Waals surface area contributed by atoms with Gasteiger partial charge in [-0.1, -0.05) is 6.07 Å². The first-order chi connectivity index (χ1) is 12.3. The summed E-state index contributed by atoms with van der Waals surface area (Å²) in [7, 11) is 1.52. The second-order valence-electron chi connectivity index (χ2n) is 4.95. The molecule has 0 radical (unpaired) electrons. The molecule has 0 aliphatic heterocycles. The topological polar surface area (TPSA) is 105 Å². The molecule has 1 amide bonds. The molecule has 0 aliphatic carbocycles. The van der Waals surface area contributed by atoms with E-state index in [1.54, 1.807) is 12.1 Å². The number of methoxy groups -OCH3 is 1. The molecule has 2 rings (SSSR count). The number of nitro groups is 1. The Labute approximate surface area is 165 Å². The van der Waals surface area contributed by atoms with Gasteiger partial charge < -0.3 is 10.1 Å². The van der Waals surface area contributed by atoms with Gasteiger partial charge in [-0.3, -0.25) is 14.9 Å². The van der Waals surface area contributed by atoms with E-state index in [1.807, 2.05) is 6.07 Å². The number of hydrogen-bond donors (Lipinski definition) is 1. The lowest BCUT2D eigenvalue weighted by Gasteiger charge is -2.08. The van der Waals surface area contributed by atoms with E-state index >= 15 is 0 Å². The van der Waals surface area contributed by atoms with E-state index in [4.69, 9.17) is 4.74 Å². The quantitative estimate of drug-likeness (QED) is 0.289. The molecular formula is C17H11Br2N3O4. The fraction of sp³-hybridized carbons (Fsp3) is 0.0588. The number of amides is 1. The third-order valence-electron chi connectivity index (χ3n) is 3.22. The standard InChI is InChI=1S/C17H11Br2N3O4/c1-26-16-14(18)6-10(7-15(16)19)5-11(9-20)17(23)21-12-3-2-4-13(8-12)22(24)25/h2-8H,1H3,(H,21,23)/b11-5+. The Morgan fingerprint density at radius 2 is 1.96 bits per heavy atom. The van der Waals surface area contributed by atoms with E-state index in [-0.39, 0.29) is 16.9 Å². The van der Waals surface area contributed by atoms with Crippen molar-refractivity contribution in [2.75, 3.05) is 12.4 Å². The molecule has 0 spiro atoms. The number of nitriles is 1. The maximum atomic E-state index is 12.3. The number of ether oxygens (including phenoxy) is 1. The summed E-state index contributed by atoms with van der Waals surface area (Å²) in [5.74, 6) is -0.0854. The lowest BCUT2D eigenvalue weighted by molar-refractivity contribution is -0.384. The maximum Gasteiger partial charge on any atom is 0.271 e. The molecule has 0 unspecified atom stereocenters. The number of halogens is 2. The Bertz CT molecular complexity index is 928. The van der Waals surface area contributed by atoms with Crippen molar-refractivity contribution in [3.05, 3.63) is 66.6 Å². The molecule has 26 heavy (non-hydrogen) atoms. The summed E-state index contributed by atoms with van der Waals surface area (Å²) in [6.45, 7) is 0. The number of non-ortho nitro benzene ring substituents is 1. The molecule has 0 saturated carbocycles. The Morgan fingerprint density at radius 1 is 1.31 bits per heavy atom. The molecule has 0 saturated heterocycles. The van der Waals surface area contributed by atoms with Crippen LogP contribution in [0.3, 0.4) is 0 Å². The lowest BCUT2D eigenvalue weighted by Crippen LogP contribution is -2.13. The van der Waals surface area contributed by atoms with Crippen molar-refractivity contribution < 1.29 is 14.5 Å². The number of rotatable bonds is 5. The predicted octanol–water partition coefficient (Wildman–Crippen LogP) is 4.67. The van der Waals surface area contributed by atoms with Crippen LogP contribution in [0.15, 0.2) is 50.9 Å². The molecule has 9 heteroatoms. The molecule has 1 N–H and O–H groups in total. The van der Waals surface area contributed by atoms with Gasteiger partial charge in [0.25, 0.3) is 11.6 Å². The summed E-state index contributed by atoms with van der Waals surface area (Å²) < 4.78 is 6.51. The Morgan fingerprint density at radius 3 is 2.50 bits per heavy atom. The van der Waals surface area contributed by atoms with Crippen molar-refractivity contribution in [2.24, 2.45) is 0 Å². The number of nitrogens with one attached hydrogen (secondary N) is 1. The van der Waals surface area contributed by atoms with Crippen LogP contribution in [0.4, 0.5) is 11.4 Å². The average Bonchev–Trinajstić information content (AvgIpc) is 2.59. The van der Waals surface area contributed by atoms with Crippen molar-refractivity contribution in [2.45, 2.75) is 0 Å². The summed E-state index contributed by atoms with van der Waals surface area (Å²) in [4.78, 5) is 22.5. The van der Waals surface area contributed by atoms with Gasteiger partial charge >= 0.3 is 0 Å². The minimum atomic E-state index is -0.670. The zero-order chi connectivity index (χ0) is 19.3. The van der Waals surface area contributed by atoms with Gasteiger partial charge in [0.15, 0.2) is 0 Å². The van der Waals surface area contributed by atoms with E-state index in [1.165, 1.54) is 37.5 Å². The first-order valence-corrected chi connectivity index (χ1v) is 8.65. The summed E-state index contributed by atoms with van der Waals surface area (Å²) in [6, 6.07) is 10.7. The largest absolute Gasteiger partial charge is 0.494 e. The van der Waals surface area contributed by atoms with Crippen LogP contribution in [0, 0.1) is 21.4 Å². The number of anilines is 1. The third kappa shape index (κ3) is 4.68. The molecule has 2 aromatic carbocycles. The Kier molecular flexibility index (Phi) is 6.49. The van der Waals surface area contributed by atoms with Crippen LogP contribution in [0.2, 0.25) is 0 Å². The number of benzene rings is 2. The highest BCUT2D eigenvalue weighted by Gasteiger charge is 2.13. The SMILES string of the molecule is COc1c(Br)cc(/C=C(\C#N)C(=O)Nc2cccc([N+](=O)[O-])c2)cc1Br. The molecule has 0 aromatic heterocycles. The van der Waals surface area contributed by atoms with Crippen LogP contribution in [0.5, 0.6) is 5.75 Å². The van der Waals surface area contributed by atoms with Gasteiger partial charge in [0.1, 0.15) is 17.4 Å². The van der Waals surface area contributed by atoms with Crippen LogP contribution >= 0.6 is 31.9 Å². The van der Waals surface area contributed by atoms with Crippen molar-refractivity contribution in [1.82, 2.24) is 0 Å². The van der Waals surface area contributed by atoms with Gasteiger partial charge in [-0.05, 0) is 61.7 Å². The van der Waals surface area contributed by atoms with Gasteiger partial charge in [-0.2, -0.15) is 5.26 Å². The van der Waals surface area contributed by atoms with Gasteiger partial charge in [-0.15, -0.1) is 0 Å². The monoisotopic (exact) mass is 479 g/mol. The fourth-order valence-electron chi connectivity index (χ4n) is 2.07. The summed E-state index contributed by atoms with van der Waals surface area (Å²) >= 11 is 6.70. The van der Waals surface area contributed by atoms with E-state index in [9.17, 15) is 20.2 Å². The molecule has 2 aromatic rings. The maximum absolute atomic E-state index is 12.3. The van der Waals surface area contributed by atoms with Gasteiger partial charge in [0.05, 0.1) is 21.0 Å². The van der Waals surface area contributed by atoms with Crippen LogP contribution in [0.1, 0.15) is 5.56 Å². The van der Waals surface area contributed by atoms with Crippen LogP contribution < -0.4 is 10.1 Å². The number of carbonyl (C=O) groups is 1. The molecule has 0 bridgehead atoms. The molecule has 0 fully saturated rings. The number of carbonyl (C=O) groups excluding carboxylic acids is 1. The number of nitro benzene ring substituents is 1. The van der Waals surface area contributed by atoms with Gasteiger partial charge in [0, 0.05) is 17.8 Å². The van der Waals surface area contributed by atoms with Crippen molar-refractivity contribution in [3.8, 4) is 11.8 Å². The highest BCUT2D eigenvalue weighted by molar-refractivity contribution is 9.11. The first-order valence-electron chi connectivity index (χ1n) is 7.06. The van der Waals surface area contributed by atoms with Crippen LogP contribution in [-0.2, 0) is 4.79 Å². The summed E-state index contributed by atoms with van der Waals surface area (Å²) in [5, 5.41) is 22.6. The minimum Gasteiger partial charge on any atom is -0.494 e. The highest BCUT2D eigenvalue weighted by atomic mass is 79.9. The van der Waals surface area contributed by atoms with Crippen LogP contribution in [-0.4, -0.2) is 17.9 Å². The fourth-order valence-corrected chi connectivity index (χ4v) is 3.61. The smallest absolute Gasteiger partial charge is 0.271 e. The normalized spacial score (nSPS) is 10.8. The highest BCUT2D eigenvalue weighted by Crippen LogP contribution is 2.35. The Balaban J connectivity index is 2.29. The van der Waals surface area contributed by atoms with Gasteiger partial charge in [-0.25, -0.2) is 0 Å². The van der Waals surface area contributed by atoms with E-state index in [0.717, 1.165) is 0 Å². The van der Waals surface area contributed by atoms with E-state index < -0.39 is 10.8 Å². The Hall–Kier alpha value is -2.70. The second kappa shape index (κ2) is 8.60. The van der Waals surface area contributed by atoms with E-state index in [2.05, 4.69) is 37.2 Å².